The Morgan fingerprint density at radius 2 is 1.42 bits per heavy atom. The average Bonchev–Trinajstić information content (AvgIpc) is 3.73. The van der Waals surface area contributed by atoms with E-state index in [2.05, 4.69) is 0 Å². The van der Waals surface area contributed by atoms with E-state index in [0.29, 0.717) is 138 Å². The monoisotopic (exact) mass is 990 g/mol. The van der Waals surface area contributed by atoms with Crippen LogP contribution >= 0.6 is 0 Å². The summed E-state index contributed by atoms with van der Waals surface area (Å²) in [5, 5.41) is 12.0. The van der Waals surface area contributed by atoms with Crippen LogP contribution < -0.4 is 19.8 Å². The molecule has 7 rings (SSSR count). The first-order valence-electron chi connectivity index (χ1n) is 24.2. The van der Waals surface area contributed by atoms with Gasteiger partial charge in [0.05, 0.1) is 115 Å². The number of benzene rings is 2. The van der Waals surface area contributed by atoms with Crippen molar-refractivity contribution in [1.29, 1.82) is 0 Å². The van der Waals surface area contributed by atoms with Gasteiger partial charge in [-0.15, -0.1) is 0 Å². The van der Waals surface area contributed by atoms with E-state index in [9.17, 15) is 24.3 Å². The third kappa shape index (κ3) is 12.4. The summed E-state index contributed by atoms with van der Waals surface area (Å²) in [6, 6.07) is 8.67. The van der Waals surface area contributed by atoms with Gasteiger partial charge in [0, 0.05) is 35.6 Å². The Labute approximate surface area is 412 Å². The van der Waals surface area contributed by atoms with Gasteiger partial charge in [-0.3, -0.25) is 4.79 Å². The van der Waals surface area contributed by atoms with Crippen molar-refractivity contribution >= 4 is 28.8 Å². The van der Waals surface area contributed by atoms with Gasteiger partial charge in [0.2, 0.25) is 5.60 Å². The number of ether oxygens (including phenoxy) is 12. The van der Waals surface area contributed by atoms with Gasteiger partial charge in [-0.05, 0) is 87.1 Å². The predicted octanol–water partition coefficient (Wildman–Crippen LogP) is 4.62. The number of pyridine rings is 2. The molecule has 0 aliphatic carbocycles. The molecule has 2 aromatic carbocycles. The molecule has 5 heterocycles. The fraction of sp³-hybridized carbons (Fsp3) is 0.558. The number of cyclic esters (lactones) is 1. The van der Waals surface area contributed by atoms with Crippen molar-refractivity contribution in [2.75, 3.05) is 106 Å². The zero-order valence-electron chi connectivity index (χ0n) is 41.6. The molecule has 0 saturated carbocycles. The molecule has 71 heavy (non-hydrogen) atoms. The highest BCUT2D eigenvalue weighted by atomic mass is 16.6. The van der Waals surface area contributed by atoms with E-state index in [1.165, 1.54) is 0 Å². The molecule has 2 atom stereocenters. The van der Waals surface area contributed by atoms with E-state index >= 15 is 0 Å². The number of hydrogen-bond donors (Lipinski definition) is 1. The van der Waals surface area contributed by atoms with Crippen LogP contribution in [-0.2, 0) is 88.6 Å². The number of fused-ring (bicyclic) bond motifs is 6. The van der Waals surface area contributed by atoms with Crippen molar-refractivity contribution in [2.24, 2.45) is 0 Å². The SMILES string of the molecule is CCc1c2c(nc3ccc(OC(=O)COc4c(C)cc5c(c4C)CCC(C)(C(=O)OCCOCCOCCOCCOCCOCCOCCOC)O5)cc13)-c1cc3c(c(=O)n1C2)COC(=O)[C@]3(O)CC. The fourth-order valence-electron chi connectivity index (χ4n) is 8.98. The minimum atomic E-state index is -1.92. The highest BCUT2D eigenvalue weighted by Crippen LogP contribution is 2.43. The second-order valence-electron chi connectivity index (χ2n) is 17.6. The smallest absolute Gasteiger partial charge is 0.350 e. The van der Waals surface area contributed by atoms with Crippen LogP contribution in [-0.4, -0.2) is 144 Å². The number of nitrogens with zero attached hydrogens (tertiary/aromatic N) is 2. The number of hydrogen-bond acceptors (Lipinski definition) is 18. The number of aryl methyl sites for hydroxylation is 2. The lowest BCUT2D eigenvalue weighted by molar-refractivity contribution is -0.172. The number of methoxy groups -OCH3 is 1. The van der Waals surface area contributed by atoms with Crippen LogP contribution in [0, 0.1) is 13.8 Å². The second-order valence-corrected chi connectivity index (χ2v) is 17.6. The summed E-state index contributed by atoms with van der Waals surface area (Å²) < 4.78 is 68.3. The third-order valence-corrected chi connectivity index (χ3v) is 12.9. The van der Waals surface area contributed by atoms with Crippen LogP contribution in [0.1, 0.15) is 72.6 Å². The van der Waals surface area contributed by atoms with Crippen molar-refractivity contribution in [3.63, 3.8) is 0 Å². The van der Waals surface area contributed by atoms with E-state index in [-0.39, 0.29) is 56.1 Å². The van der Waals surface area contributed by atoms with Crippen molar-refractivity contribution < 1.29 is 76.3 Å². The largest absolute Gasteiger partial charge is 0.481 e. The normalized spacial score (nSPS) is 17.8. The highest BCUT2D eigenvalue weighted by Gasteiger charge is 2.46. The fourth-order valence-corrected chi connectivity index (χ4v) is 8.98. The summed E-state index contributed by atoms with van der Waals surface area (Å²) in [6.45, 7) is 14.6. The van der Waals surface area contributed by atoms with Gasteiger partial charge in [0.15, 0.2) is 12.2 Å². The summed E-state index contributed by atoms with van der Waals surface area (Å²) >= 11 is 0. The number of esters is 3. The van der Waals surface area contributed by atoms with Gasteiger partial charge in [-0.25, -0.2) is 19.4 Å². The van der Waals surface area contributed by atoms with Gasteiger partial charge >= 0.3 is 17.9 Å². The summed E-state index contributed by atoms with van der Waals surface area (Å²) in [7, 11) is 1.63. The zero-order chi connectivity index (χ0) is 50.5. The van der Waals surface area contributed by atoms with Gasteiger partial charge < -0.3 is 66.5 Å². The lowest BCUT2D eigenvalue weighted by Crippen LogP contribution is -2.46. The first kappa shape index (κ1) is 53.3. The number of carbonyl (C=O) groups is 3. The van der Waals surface area contributed by atoms with Gasteiger partial charge in [-0.1, -0.05) is 13.8 Å². The Morgan fingerprint density at radius 3 is 2.03 bits per heavy atom. The van der Waals surface area contributed by atoms with Gasteiger partial charge in [-0.2, -0.15) is 0 Å². The third-order valence-electron chi connectivity index (χ3n) is 12.9. The van der Waals surface area contributed by atoms with E-state index < -0.39 is 29.1 Å². The second kappa shape index (κ2) is 24.7. The molecule has 3 aliphatic rings. The molecule has 0 fully saturated rings. The average molecular weight is 991 g/mol. The minimum Gasteiger partial charge on any atom is -0.481 e. The van der Waals surface area contributed by atoms with Crippen molar-refractivity contribution in [3.8, 4) is 28.6 Å². The highest BCUT2D eigenvalue weighted by molar-refractivity contribution is 5.90. The number of carbonyl (C=O) groups excluding carboxylic acids is 3. The van der Waals surface area contributed by atoms with Gasteiger partial charge in [0.1, 0.15) is 30.5 Å². The molecule has 19 nitrogen and oxygen atoms in total. The van der Waals surface area contributed by atoms with E-state index in [1.807, 2.05) is 20.8 Å². The van der Waals surface area contributed by atoms with Crippen LogP contribution in [0.2, 0.25) is 0 Å². The maximum Gasteiger partial charge on any atom is 0.350 e. The summed E-state index contributed by atoms with van der Waals surface area (Å²) in [6.07, 6.45) is 1.54. The molecular formula is C52H66N2O17. The standard InChI is InChI=1S/C52H66N2O17/c1-7-36-38-28-35(9-10-42(38)53-46-39(36)30-54-43(46)29-41-40(48(54)56)31-69-50(58)52(41,59)8-2)70-45(55)32-68-47-33(3)27-44-37(34(47)4)11-12-51(5,71-44)49(57)67-26-25-66-24-23-65-22-21-64-20-19-63-18-17-62-16-15-61-14-13-60-6/h9-10,27-29,59H,7-8,11-26,30-32H2,1-6H3/t51?,52-/m0/s1. The summed E-state index contributed by atoms with van der Waals surface area (Å²) in [5.41, 5.74) is 2.96. The quantitative estimate of drug-likeness (QED) is 0.0411. The molecule has 4 aromatic rings. The molecule has 0 radical (unpaired) electrons. The van der Waals surface area contributed by atoms with E-state index in [0.717, 1.165) is 27.6 Å². The first-order chi connectivity index (χ1) is 34.3. The van der Waals surface area contributed by atoms with Crippen LogP contribution in [0.25, 0.3) is 22.3 Å². The molecule has 0 saturated heterocycles. The predicted molar refractivity (Wildman–Crippen MR) is 256 cm³/mol. The molecule has 0 spiro atoms. The Morgan fingerprint density at radius 1 is 0.803 bits per heavy atom. The van der Waals surface area contributed by atoms with E-state index in [4.69, 9.17) is 61.8 Å². The Kier molecular flexibility index (Phi) is 18.6. The summed E-state index contributed by atoms with van der Waals surface area (Å²) in [4.78, 5) is 57.8. The first-order valence-corrected chi connectivity index (χ1v) is 24.2. The van der Waals surface area contributed by atoms with Crippen molar-refractivity contribution in [3.05, 3.63) is 79.6 Å². The molecule has 19 heteroatoms. The van der Waals surface area contributed by atoms with Crippen molar-refractivity contribution in [2.45, 2.75) is 84.7 Å². The summed E-state index contributed by atoms with van der Waals surface area (Å²) in [5.74, 6) is -0.496. The molecular weight excluding hydrogens is 925 g/mol. The molecule has 0 amide bonds. The molecule has 0 bridgehead atoms. The minimum absolute atomic E-state index is 0.0496. The Hall–Kier alpha value is -5.51. The molecule has 1 N–H and O–H groups in total. The molecule has 3 aliphatic heterocycles. The number of aliphatic hydroxyl groups is 1. The zero-order valence-corrected chi connectivity index (χ0v) is 41.6. The lowest BCUT2D eigenvalue weighted by Gasteiger charge is -2.35. The number of rotatable bonds is 28. The maximum absolute atomic E-state index is 13.7. The molecule has 386 valence electrons. The molecule has 1 unspecified atom stereocenters. The van der Waals surface area contributed by atoms with Crippen LogP contribution in [0.5, 0.6) is 17.2 Å². The van der Waals surface area contributed by atoms with Crippen LogP contribution in [0.15, 0.2) is 35.1 Å². The van der Waals surface area contributed by atoms with Crippen molar-refractivity contribution in [1.82, 2.24) is 9.55 Å². The Bertz CT molecular complexity index is 2600. The number of aromatic nitrogens is 2. The van der Waals surface area contributed by atoms with Crippen LogP contribution in [0.4, 0.5) is 0 Å². The van der Waals surface area contributed by atoms with E-state index in [1.54, 1.807) is 55.9 Å². The van der Waals surface area contributed by atoms with Crippen LogP contribution in [0.3, 0.4) is 0 Å². The topological polar surface area (TPSA) is 217 Å². The maximum atomic E-state index is 13.7. The molecule has 2 aromatic heterocycles. The lowest BCUT2D eigenvalue weighted by atomic mass is 9.86. The Balaban J connectivity index is 0.826. The van der Waals surface area contributed by atoms with Gasteiger partial charge in [0.25, 0.3) is 5.56 Å².